The third kappa shape index (κ3) is 3.20. The summed E-state index contributed by atoms with van der Waals surface area (Å²) in [5.74, 6) is 0. The van der Waals surface area contributed by atoms with E-state index in [0.29, 0.717) is 0 Å². The molecule has 0 radical (unpaired) electrons. The highest BCUT2D eigenvalue weighted by Crippen LogP contribution is 2.50. The number of hydrogen-bond donors (Lipinski definition) is 0. The average molecular weight is 523 g/mol. The number of rotatable bonds is 1. The molecule has 8 aromatic rings. The molecule has 0 atom stereocenters. The Balaban J connectivity index is 1.37. The second kappa shape index (κ2) is 8.48. The van der Waals surface area contributed by atoms with Crippen LogP contribution in [0.4, 0.5) is 0 Å². The Morgan fingerprint density at radius 3 is 1.98 bits per heavy atom. The zero-order valence-electron chi connectivity index (χ0n) is 22.0. The standard InChI is InChI=1S/C38H22N2O/c1-2-11-27-26(10-1)33-21-23(24-14-7-15-31-29-12-5-6-17-35(29)41-37(24)31)18-19-28(33)25-9-3-4-13-30(25)36-32-16-8-20-39-38(32)40-22-34(27)36/h1-22H. The Morgan fingerprint density at radius 2 is 1.10 bits per heavy atom. The van der Waals surface area contributed by atoms with Crippen molar-refractivity contribution in [3.63, 3.8) is 0 Å². The number of pyridine rings is 2. The molecule has 0 unspecified atom stereocenters. The molecule has 3 aromatic heterocycles. The van der Waals surface area contributed by atoms with Gasteiger partial charge in [-0.25, -0.2) is 9.97 Å². The van der Waals surface area contributed by atoms with Gasteiger partial charge in [0.05, 0.1) is 0 Å². The van der Waals surface area contributed by atoms with E-state index in [-0.39, 0.29) is 0 Å². The maximum Gasteiger partial charge on any atom is 0.159 e. The number of nitrogens with zero attached hydrogens (tertiary/aromatic N) is 2. The van der Waals surface area contributed by atoms with Crippen LogP contribution in [0.5, 0.6) is 0 Å². The van der Waals surface area contributed by atoms with Crippen molar-refractivity contribution in [3.05, 3.63) is 134 Å². The largest absolute Gasteiger partial charge is 0.455 e. The number of benzene rings is 5. The Hall–Kier alpha value is -5.54. The lowest BCUT2D eigenvalue weighted by atomic mass is 9.80. The Morgan fingerprint density at radius 1 is 0.439 bits per heavy atom. The summed E-state index contributed by atoms with van der Waals surface area (Å²) in [5, 5.41) is 3.33. The van der Waals surface area contributed by atoms with Gasteiger partial charge < -0.3 is 4.42 Å². The second-order valence-electron chi connectivity index (χ2n) is 10.6. The first kappa shape index (κ1) is 22.3. The first-order chi connectivity index (χ1) is 20.3. The third-order valence-electron chi connectivity index (χ3n) is 8.37. The van der Waals surface area contributed by atoms with E-state index < -0.39 is 0 Å². The minimum atomic E-state index is 0.758. The van der Waals surface area contributed by atoms with Crippen molar-refractivity contribution >= 4 is 33.0 Å². The lowest BCUT2D eigenvalue weighted by Crippen LogP contribution is -1.99. The van der Waals surface area contributed by atoms with Crippen LogP contribution in [-0.4, -0.2) is 9.97 Å². The fourth-order valence-electron chi connectivity index (χ4n) is 6.56. The Kier molecular flexibility index (Phi) is 4.61. The third-order valence-corrected chi connectivity index (χ3v) is 8.37. The second-order valence-corrected chi connectivity index (χ2v) is 10.6. The van der Waals surface area contributed by atoms with Gasteiger partial charge in [-0.3, -0.25) is 0 Å². The van der Waals surface area contributed by atoms with Crippen LogP contribution in [0.1, 0.15) is 0 Å². The van der Waals surface area contributed by atoms with Crippen LogP contribution in [-0.2, 0) is 0 Å². The summed E-state index contributed by atoms with van der Waals surface area (Å²) in [4.78, 5) is 9.37. The molecule has 190 valence electrons. The molecule has 0 fully saturated rings. The van der Waals surface area contributed by atoms with E-state index in [1.807, 2.05) is 30.6 Å². The van der Waals surface area contributed by atoms with Crippen molar-refractivity contribution in [3.8, 4) is 55.6 Å². The summed E-state index contributed by atoms with van der Waals surface area (Å²) in [7, 11) is 0. The van der Waals surface area contributed by atoms with Gasteiger partial charge in [0, 0.05) is 45.2 Å². The molecular weight excluding hydrogens is 500 g/mol. The molecule has 0 bridgehead atoms. The molecule has 3 heterocycles. The highest BCUT2D eigenvalue weighted by molar-refractivity contribution is 6.12. The van der Waals surface area contributed by atoms with E-state index >= 15 is 0 Å². The van der Waals surface area contributed by atoms with Gasteiger partial charge in [-0.05, 0) is 63.2 Å². The summed E-state index contributed by atoms with van der Waals surface area (Å²) < 4.78 is 6.43. The molecular formula is C38H22N2O. The quantitative estimate of drug-likeness (QED) is 0.215. The topological polar surface area (TPSA) is 38.9 Å². The lowest BCUT2D eigenvalue weighted by molar-refractivity contribution is 0.670. The van der Waals surface area contributed by atoms with Crippen molar-refractivity contribution in [1.29, 1.82) is 0 Å². The molecule has 9 rings (SSSR count). The molecule has 0 saturated carbocycles. The molecule has 41 heavy (non-hydrogen) atoms. The first-order valence-electron chi connectivity index (χ1n) is 13.8. The van der Waals surface area contributed by atoms with Crippen molar-refractivity contribution in [2.45, 2.75) is 0 Å². The summed E-state index contributed by atoms with van der Waals surface area (Å²) in [6, 6.07) is 43.0. The number of aromatic nitrogens is 2. The van der Waals surface area contributed by atoms with Crippen molar-refractivity contribution in [2.75, 3.05) is 0 Å². The summed E-state index contributed by atoms with van der Waals surface area (Å²) >= 11 is 0. The maximum atomic E-state index is 6.43. The van der Waals surface area contributed by atoms with Crippen LogP contribution in [0, 0.1) is 0 Å². The zero-order valence-corrected chi connectivity index (χ0v) is 22.0. The van der Waals surface area contributed by atoms with E-state index in [2.05, 4.69) is 108 Å². The highest BCUT2D eigenvalue weighted by atomic mass is 16.3. The minimum Gasteiger partial charge on any atom is -0.455 e. The number of para-hydroxylation sites is 2. The van der Waals surface area contributed by atoms with Gasteiger partial charge in [0.15, 0.2) is 5.65 Å². The Bertz CT molecular complexity index is 2320. The van der Waals surface area contributed by atoms with Gasteiger partial charge in [0.1, 0.15) is 11.2 Å². The van der Waals surface area contributed by atoms with Crippen LogP contribution in [0.15, 0.2) is 138 Å². The van der Waals surface area contributed by atoms with Crippen molar-refractivity contribution in [2.24, 2.45) is 0 Å². The van der Waals surface area contributed by atoms with Gasteiger partial charge in [0.2, 0.25) is 0 Å². The van der Waals surface area contributed by atoms with Crippen molar-refractivity contribution < 1.29 is 4.42 Å². The van der Waals surface area contributed by atoms with Gasteiger partial charge in [-0.2, -0.15) is 0 Å². The molecule has 0 N–H and O–H groups in total. The first-order valence-corrected chi connectivity index (χ1v) is 13.8. The predicted octanol–water partition coefficient (Wildman–Crippen LogP) is 10.2. The molecule has 1 aliphatic carbocycles. The van der Waals surface area contributed by atoms with Crippen LogP contribution >= 0.6 is 0 Å². The van der Waals surface area contributed by atoms with Crippen LogP contribution in [0.2, 0.25) is 0 Å². The van der Waals surface area contributed by atoms with E-state index in [1.54, 1.807) is 0 Å². The monoisotopic (exact) mass is 522 g/mol. The molecule has 3 heteroatoms. The average Bonchev–Trinajstić information content (AvgIpc) is 3.42. The molecule has 0 saturated heterocycles. The van der Waals surface area contributed by atoms with Crippen molar-refractivity contribution in [1.82, 2.24) is 9.97 Å². The molecule has 0 aliphatic heterocycles. The number of hydrogen-bond acceptors (Lipinski definition) is 3. The molecule has 0 spiro atoms. The van der Waals surface area contributed by atoms with Crippen LogP contribution in [0.3, 0.4) is 0 Å². The summed E-state index contributed by atoms with van der Waals surface area (Å²) in [6.45, 7) is 0. The van der Waals surface area contributed by atoms with Crippen LogP contribution < -0.4 is 0 Å². The van der Waals surface area contributed by atoms with Gasteiger partial charge in [0.25, 0.3) is 0 Å². The molecule has 1 aliphatic rings. The fraction of sp³-hybridized carbons (Fsp3) is 0. The smallest absolute Gasteiger partial charge is 0.159 e. The number of furan rings is 1. The normalized spacial score (nSPS) is 11.9. The van der Waals surface area contributed by atoms with E-state index in [0.717, 1.165) is 55.2 Å². The number of fused-ring (bicyclic) bond motifs is 13. The SMILES string of the molecule is c1ccc2c(c1)-c1cc(-c3cccc4c3oc3ccccc34)ccc1-c1ccccc1-c1c-2cnc2ncccc12. The maximum absolute atomic E-state index is 6.43. The predicted molar refractivity (Wildman–Crippen MR) is 168 cm³/mol. The fourth-order valence-corrected chi connectivity index (χ4v) is 6.56. The summed E-state index contributed by atoms with van der Waals surface area (Å²) in [5.41, 5.74) is 14.2. The lowest BCUT2D eigenvalue weighted by Gasteiger charge is -2.24. The van der Waals surface area contributed by atoms with E-state index in [1.165, 1.54) is 33.4 Å². The molecule has 3 nitrogen and oxygen atoms in total. The highest BCUT2D eigenvalue weighted by Gasteiger charge is 2.24. The zero-order chi connectivity index (χ0) is 26.9. The van der Waals surface area contributed by atoms with E-state index in [9.17, 15) is 0 Å². The van der Waals surface area contributed by atoms with Crippen LogP contribution in [0.25, 0.3) is 88.6 Å². The van der Waals surface area contributed by atoms with Gasteiger partial charge >= 0.3 is 0 Å². The Labute approximate surface area is 236 Å². The molecule has 5 aromatic carbocycles. The minimum absolute atomic E-state index is 0.758. The summed E-state index contributed by atoms with van der Waals surface area (Å²) in [6.07, 6.45) is 3.80. The molecule has 0 amide bonds. The van der Waals surface area contributed by atoms with Gasteiger partial charge in [-0.1, -0.05) is 97.1 Å². The van der Waals surface area contributed by atoms with Gasteiger partial charge in [-0.15, -0.1) is 0 Å². The van der Waals surface area contributed by atoms with E-state index in [4.69, 9.17) is 9.40 Å².